The molecular weight excluding hydrogens is 269 g/mol. The van der Waals surface area contributed by atoms with E-state index in [1.54, 1.807) is 6.08 Å². The molecule has 0 atom stereocenters. The Morgan fingerprint density at radius 2 is 2.05 bits per heavy atom. The van der Waals surface area contributed by atoms with Crippen molar-refractivity contribution in [2.75, 3.05) is 12.3 Å². The zero-order chi connectivity index (χ0) is 13.8. The van der Waals surface area contributed by atoms with E-state index in [4.69, 9.17) is 22.1 Å². The number of ether oxygens (including phenoxy) is 1. The zero-order valence-electron chi connectivity index (χ0n) is 10.6. The zero-order valence-corrected chi connectivity index (χ0v) is 11.4. The van der Waals surface area contributed by atoms with Crippen LogP contribution in [0.4, 0.5) is 10.2 Å². The maximum Gasteiger partial charge on any atom is 0.224 e. The number of nitrogens with two attached hydrogens (primary N) is 1. The molecule has 0 saturated heterocycles. The molecule has 1 aliphatic rings. The predicted octanol–water partition coefficient (Wildman–Crippen LogP) is 3.08. The molecule has 0 aromatic carbocycles. The molecule has 104 valence electrons. The Kier molecular flexibility index (Phi) is 4.71. The second kappa shape index (κ2) is 6.30. The summed E-state index contributed by atoms with van der Waals surface area (Å²) in [4.78, 5) is 7.59. The SMILES string of the molecule is C=CCOC1CCC(c2nc(Cl)nc(N)c2F)CC1. The van der Waals surface area contributed by atoms with Crippen LogP contribution in [0.5, 0.6) is 0 Å². The number of nitrogen functional groups attached to an aromatic ring is 1. The van der Waals surface area contributed by atoms with Gasteiger partial charge >= 0.3 is 0 Å². The van der Waals surface area contributed by atoms with Gasteiger partial charge in [0, 0.05) is 5.92 Å². The van der Waals surface area contributed by atoms with Crippen molar-refractivity contribution in [1.29, 1.82) is 0 Å². The molecule has 0 unspecified atom stereocenters. The molecule has 1 aromatic rings. The molecule has 1 saturated carbocycles. The normalized spacial score (nSPS) is 23.3. The van der Waals surface area contributed by atoms with E-state index >= 15 is 0 Å². The number of halogens is 2. The average Bonchev–Trinajstić information content (AvgIpc) is 2.41. The first-order valence-corrected chi connectivity index (χ1v) is 6.70. The van der Waals surface area contributed by atoms with E-state index in [1.807, 2.05) is 0 Å². The van der Waals surface area contributed by atoms with Crippen LogP contribution in [0.15, 0.2) is 12.7 Å². The van der Waals surface area contributed by atoms with Gasteiger partial charge in [0.15, 0.2) is 11.6 Å². The lowest BCUT2D eigenvalue weighted by Gasteiger charge is -2.28. The predicted molar refractivity (Wildman–Crippen MR) is 72.6 cm³/mol. The summed E-state index contributed by atoms with van der Waals surface area (Å²) >= 11 is 5.73. The smallest absolute Gasteiger partial charge is 0.224 e. The highest BCUT2D eigenvalue weighted by molar-refractivity contribution is 6.28. The lowest BCUT2D eigenvalue weighted by Crippen LogP contribution is -2.22. The van der Waals surface area contributed by atoms with E-state index in [1.165, 1.54) is 0 Å². The number of aromatic nitrogens is 2. The molecule has 2 N–H and O–H groups in total. The monoisotopic (exact) mass is 285 g/mol. The van der Waals surface area contributed by atoms with E-state index in [0.717, 1.165) is 25.7 Å². The van der Waals surface area contributed by atoms with Crippen LogP contribution in [-0.2, 0) is 4.74 Å². The summed E-state index contributed by atoms with van der Waals surface area (Å²) in [7, 11) is 0. The second-order valence-electron chi connectivity index (χ2n) is 4.67. The van der Waals surface area contributed by atoms with E-state index in [-0.39, 0.29) is 23.1 Å². The fraction of sp³-hybridized carbons (Fsp3) is 0.538. The minimum Gasteiger partial charge on any atom is -0.381 e. The van der Waals surface area contributed by atoms with Crippen molar-refractivity contribution in [3.05, 3.63) is 29.4 Å². The van der Waals surface area contributed by atoms with E-state index in [9.17, 15) is 4.39 Å². The van der Waals surface area contributed by atoms with Crippen molar-refractivity contribution in [2.45, 2.75) is 37.7 Å². The topological polar surface area (TPSA) is 61.0 Å². The summed E-state index contributed by atoms with van der Waals surface area (Å²) in [6.45, 7) is 4.17. The Labute approximate surface area is 116 Å². The largest absolute Gasteiger partial charge is 0.381 e. The molecule has 2 rings (SSSR count). The van der Waals surface area contributed by atoms with Gasteiger partial charge in [0.1, 0.15) is 0 Å². The molecule has 1 fully saturated rings. The summed E-state index contributed by atoms with van der Waals surface area (Å²) < 4.78 is 19.5. The van der Waals surface area contributed by atoms with E-state index in [2.05, 4.69) is 16.5 Å². The van der Waals surface area contributed by atoms with Gasteiger partial charge in [-0.3, -0.25) is 0 Å². The van der Waals surface area contributed by atoms with Gasteiger partial charge in [0.25, 0.3) is 0 Å². The minimum absolute atomic E-state index is 0.000990. The summed E-state index contributed by atoms with van der Waals surface area (Å²) in [6.07, 6.45) is 5.32. The molecule has 0 radical (unpaired) electrons. The van der Waals surface area contributed by atoms with Crippen LogP contribution in [0.1, 0.15) is 37.3 Å². The van der Waals surface area contributed by atoms with Crippen LogP contribution in [0.2, 0.25) is 5.28 Å². The van der Waals surface area contributed by atoms with Crippen molar-refractivity contribution in [1.82, 2.24) is 9.97 Å². The third-order valence-corrected chi connectivity index (χ3v) is 3.55. The molecule has 1 aliphatic carbocycles. The molecule has 19 heavy (non-hydrogen) atoms. The first-order chi connectivity index (χ1) is 9.11. The van der Waals surface area contributed by atoms with Gasteiger partial charge in [-0.15, -0.1) is 6.58 Å². The van der Waals surface area contributed by atoms with Gasteiger partial charge < -0.3 is 10.5 Å². The molecule has 0 amide bonds. The lowest BCUT2D eigenvalue weighted by molar-refractivity contribution is 0.0418. The van der Waals surface area contributed by atoms with Crippen molar-refractivity contribution < 1.29 is 9.13 Å². The van der Waals surface area contributed by atoms with Gasteiger partial charge in [-0.25, -0.2) is 9.37 Å². The number of hydrogen-bond acceptors (Lipinski definition) is 4. The molecule has 0 bridgehead atoms. The van der Waals surface area contributed by atoms with Crippen molar-refractivity contribution >= 4 is 17.4 Å². The third kappa shape index (κ3) is 3.42. The molecule has 4 nitrogen and oxygen atoms in total. The van der Waals surface area contributed by atoms with E-state index in [0.29, 0.717) is 12.3 Å². The van der Waals surface area contributed by atoms with Crippen LogP contribution < -0.4 is 5.73 Å². The van der Waals surface area contributed by atoms with Crippen LogP contribution in [0.25, 0.3) is 0 Å². The average molecular weight is 286 g/mol. The Bertz CT molecular complexity index is 461. The fourth-order valence-corrected chi connectivity index (χ4v) is 2.61. The standard InChI is InChI=1S/C13H17ClFN3O/c1-2-7-19-9-5-3-8(4-6-9)11-10(15)12(16)18-13(14)17-11/h2,8-9H,1,3-7H2,(H2,16,17,18). The Morgan fingerprint density at radius 1 is 1.37 bits per heavy atom. The number of anilines is 1. The van der Waals surface area contributed by atoms with Gasteiger partial charge in [-0.05, 0) is 37.3 Å². The summed E-state index contributed by atoms with van der Waals surface area (Å²) in [5.74, 6) is -0.689. The van der Waals surface area contributed by atoms with Crippen molar-refractivity contribution in [2.24, 2.45) is 0 Å². The molecule has 0 spiro atoms. The Hall–Kier alpha value is -1.20. The van der Waals surface area contributed by atoms with Gasteiger partial charge in [-0.2, -0.15) is 4.98 Å². The molecule has 1 aromatic heterocycles. The van der Waals surface area contributed by atoms with Gasteiger partial charge in [0.05, 0.1) is 18.4 Å². The Morgan fingerprint density at radius 3 is 2.68 bits per heavy atom. The van der Waals surface area contributed by atoms with Crippen LogP contribution in [0, 0.1) is 5.82 Å². The fourth-order valence-electron chi connectivity index (χ4n) is 2.43. The van der Waals surface area contributed by atoms with Gasteiger partial charge in [-0.1, -0.05) is 6.08 Å². The lowest BCUT2D eigenvalue weighted by atomic mass is 9.85. The summed E-state index contributed by atoms with van der Waals surface area (Å²) in [5.41, 5.74) is 5.81. The van der Waals surface area contributed by atoms with Crippen LogP contribution in [-0.4, -0.2) is 22.7 Å². The van der Waals surface area contributed by atoms with E-state index < -0.39 is 5.82 Å². The number of hydrogen-bond donors (Lipinski definition) is 1. The van der Waals surface area contributed by atoms with Crippen LogP contribution in [0.3, 0.4) is 0 Å². The quantitative estimate of drug-likeness (QED) is 0.682. The van der Waals surface area contributed by atoms with Crippen molar-refractivity contribution in [3.8, 4) is 0 Å². The number of rotatable bonds is 4. The number of nitrogens with zero attached hydrogens (tertiary/aromatic N) is 2. The molecular formula is C13H17ClFN3O. The Balaban J connectivity index is 2.03. The van der Waals surface area contributed by atoms with Crippen molar-refractivity contribution in [3.63, 3.8) is 0 Å². The highest BCUT2D eigenvalue weighted by Crippen LogP contribution is 2.35. The maximum absolute atomic E-state index is 13.9. The van der Waals surface area contributed by atoms with Crippen LogP contribution >= 0.6 is 11.6 Å². The highest BCUT2D eigenvalue weighted by atomic mass is 35.5. The molecule has 6 heteroatoms. The first-order valence-electron chi connectivity index (χ1n) is 6.32. The molecule has 1 heterocycles. The summed E-state index contributed by atoms with van der Waals surface area (Å²) in [5, 5.41) is -0.000990. The maximum atomic E-state index is 13.9. The third-order valence-electron chi connectivity index (χ3n) is 3.39. The molecule has 0 aliphatic heterocycles. The highest BCUT2D eigenvalue weighted by Gasteiger charge is 2.27. The first kappa shape index (κ1) is 14.2. The minimum atomic E-state index is -0.542. The van der Waals surface area contributed by atoms with Gasteiger partial charge in [0.2, 0.25) is 5.28 Å². The second-order valence-corrected chi connectivity index (χ2v) is 5.01. The summed E-state index contributed by atoms with van der Waals surface area (Å²) in [6, 6.07) is 0.